The first-order valence-electron chi connectivity index (χ1n) is 7.98. The minimum absolute atomic E-state index is 0.0948. The van der Waals surface area contributed by atoms with Crippen molar-refractivity contribution in [3.05, 3.63) is 0 Å². The lowest BCUT2D eigenvalue weighted by Crippen LogP contribution is -2.57. The molecular formula is C17H26O4. The van der Waals surface area contributed by atoms with E-state index in [1.165, 1.54) is 0 Å². The van der Waals surface area contributed by atoms with Crippen LogP contribution in [0.25, 0.3) is 0 Å². The average Bonchev–Trinajstić information content (AvgIpc) is 2.41. The van der Waals surface area contributed by atoms with E-state index < -0.39 is 11.0 Å². The van der Waals surface area contributed by atoms with Crippen molar-refractivity contribution >= 4 is 17.3 Å². The second kappa shape index (κ2) is 5.64. The van der Waals surface area contributed by atoms with Crippen LogP contribution in [0.15, 0.2) is 0 Å². The number of carbonyl (C=O) groups is 3. The summed E-state index contributed by atoms with van der Waals surface area (Å²) >= 11 is 0. The van der Waals surface area contributed by atoms with Gasteiger partial charge in [0.05, 0.1) is 6.10 Å². The highest BCUT2D eigenvalue weighted by Crippen LogP contribution is 2.42. The third-order valence-corrected chi connectivity index (χ3v) is 4.90. The monoisotopic (exact) mass is 294 g/mol. The lowest BCUT2D eigenvalue weighted by molar-refractivity contribution is -0.189. The molecule has 0 radical (unpaired) electrons. The second-order valence-electron chi connectivity index (χ2n) is 7.41. The minimum atomic E-state index is -1.31. The van der Waals surface area contributed by atoms with Gasteiger partial charge in [-0.3, -0.25) is 14.4 Å². The second-order valence-corrected chi connectivity index (χ2v) is 7.41. The Labute approximate surface area is 126 Å². The summed E-state index contributed by atoms with van der Waals surface area (Å²) in [5.41, 5.74) is -1.94. The van der Waals surface area contributed by atoms with Crippen LogP contribution in [0.1, 0.15) is 66.2 Å². The van der Waals surface area contributed by atoms with Crippen molar-refractivity contribution in [3.63, 3.8) is 0 Å². The molecule has 0 aromatic rings. The SMILES string of the molecule is CC(C)C[C@@]12O[C@@H](CCC1=O)C(C)(C)C(=O)CCCC2=O. The summed E-state index contributed by atoms with van der Waals surface area (Å²) in [4.78, 5) is 37.6. The summed E-state index contributed by atoms with van der Waals surface area (Å²) in [6.45, 7) is 7.74. The quantitative estimate of drug-likeness (QED) is 0.735. The van der Waals surface area contributed by atoms with E-state index in [0.717, 1.165) is 0 Å². The van der Waals surface area contributed by atoms with Gasteiger partial charge in [-0.15, -0.1) is 0 Å². The molecule has 0 aliphatic carbocycles. The Morgan fingerprint density at radius 3 is 2.24 bits per heavy atom. The standard InChI is InChI=1S/C17H26O4/c1-11(2)10-17-13(19)7-5-6-12(18)16(3,4)15(21-17)9-8-14(17)20/h11,15H,5-10H2,1-4H3/t15-,17-/m0/s1. The van der Waals surface area contributed by atoms with Gasteiger partial charge < -0.3 is 4.74 Å². The van der Waals surface area contributed by atoms with Crippen LogP contribution in [0.2, 0.25) is 0 Å². The number of ketones is 3. The highest BCUT2D eigenvalue weighted by Gasteiger charge is 2.54. The Balaban J connectivity index is 2.45. The molecule has 0 aromatic heterocycles. The Hall–Kier alpha value is -1.03. The van der Waals surface area contributed by atoms with Gasteiger partial charge in [-0.1, -0.05) is 27.7 Å². The Morgan fingerprint density at radius 1 is 1.05 bits per heavy atom. The molecule has 118 valence electrons. The number of hydrogen-bond donors (Lipinski definition) is 0. The van der Waals surface area contributed by atoms with Crippen molar-refractivity contribution in [2.45, 2.75) is 77.9 Å². The first-order chi connectivity index (χ1) is 9.70. The molecule has 2 heterocycles. The molecule has 4 nitrogen and oxygen atoms in total. The van der Waals surface area contributed by atoms with Crippen LogP contribution in [0.3, 0.4) is 0 Å². The number of fused-ring (bicyclic) bond motifs is 2. The fraction of sp³-hybridized carbons (Fsp3) is 0.824. The molecule has 0 saturated carbocycles. The van der Waals surface area contributed by atoms with E-state index in [-0.39, 0.29) is 35.8 Å². The zero-order valence-corrected chi connectivity index (χ0v) is 13.5. The number of rotatable bonds is 2. The molecule has 2 aliphatic rings. The molecule has 4 heteroatoms. The molecule has 2 saturated heterocycles. The molecule has 0 spiro atoms. The highest BCUT2D eigenvalue weighted by atomic mass is 16.5. The molecule has 2 aliphatic heterocycles. The Bertz CT molecular complexity index is 463. The molecule has 0 amide bonds. The van der Waals surface area contributed by atoms with Crippen LogP contribution in [-0.2, 0) is 19.1 Å². The van der Waals surface area contributed by atoms with Crippen molar-refractivity contribution in [2.24, 2.45) is 11.3 Å². The summed E-state index contributed by atoms with van der Waals surface area (Å²) in [5, 5.41) is 0. The predicted octanol–water partition coefficient (Wildman–Crippen LogP) is 2.87. The molecule has 21 heavy (non-hydrogen) atoms. The summed E-state index contributed by atoms with van der Waals surface area (Å²) in [7, 11) is 0. The van der Waals surface area contributed by atoms with Gasteiger partial charge in [-0.2, -0.15) is 0 Å². The highest BCUT2D eigenvalue weighted by molar-refractivity contribution is 6.11. The van der Waals surface area contributed by atoms with E-state index in [9.17, 15) is 14.4 Å². The lowest BCUT2D eigenvalue weighted by atomic mass is 9.74. The van der Waals surface area contributed by atoms with E-state index >= 15 is 0 Å². The fourth-order valence-electron chi connectivity index (χ4n) is 3.52. The van der Waals surface area contributed by atoms with Gasteiger partial charge in [0.25, 0.3) is 0 Å². The third-order valence-electron chi connectivity index (χ3n) is 4.90. The van der Waals surface area contributed by atoms with E-state index in [1.54, 1.807) is 0 Å². The van der Waals surface area contributed by atoms with Gasteiger partial charge in [-0.25, -0.2) is 0 Å². The fourth-order valence-corrected chi connectivity index (χ4v) is 3.52. The number of carbonyl (C=O) groups excluding carboxylic acids is 3. The molecular weight excluding hydrogens is 268 g/mol. The summed E-state index contributed by atoms with van der Waals surface area (Å²) in [6, 6.07) is 0. The minimum Gasteiger partial charge on any atom is -0.355 e. The molecule has 0 N–H and O–H groups in total. The predicted molar refractivity (Wildman–Crippen MR) is 78.9 cm³/mol. The van der Waals surface area contributed by atoms with Crippen molar-refractivity contribution in [1.82, 2.24) is 0 Å². The smallest absolute Gasteiger partial charge is 0.184 e. The van der Waals surface area contributed by atoms with Crippen LogP contribution in [0.4, 0.5) is 0 Å². The zero-order valence-electron chi connectivity index (χ0n) is 13.5. The molecule has 2 atom stereocenters. The van der Waals surface area contributed by atoms with Crippen LogP contribution in [0, 0.1) is 11.3 Å². The maximum atomic E-state index is 12.7. The molecule has 2 rings (SSSR count). The Kier molecular flexibility index (Phi) is 4.39. The first-order valence-corrected chi connectivity index (χ1v) is 7.98. The van der Waals surface area contributed by atoms with Crippen LogP contribution < -0.4 is 0 Å². The number of Topliss-reactive ketones (excluding diaryl/α,β-unsaturated/α-hetero) is 3. The average molecular weight is 294 g/mol. The molecule has 2 fully saturated rings. The van der Waals surface area contributed by atoms with Crippen LogP contribution in [0.5, 0.6) is 0 Å². The topological polar surface area (TPSA) is 60.4 Å². The molecule has 0 aromatic carbocycles. The van der Waals surface area contributed by atoms with Crippen molar-refractivity contribution in [3.8, 4) is 0 Å². The van der Waals surface area contributed by atoms with Crippen LogP contribution in [-0.4, -0.2) is 29.1 Å². The number of ether oxygens (including phenoxy) is 1. The first kappa shape index (κ1) is 16.3. The van der Waals surface area contributed by atoms with Crippen LogP contribution >= 0.6 is 0 Å². The van der Waals surface area contributed by atoms with E-state index in [4.69, 9.17) is 4.74 Å². The van der Waals surface area contributed by atoms with Gasteiger partial charge in [0.15, 0.2) is 17.2 Å². The van der Waals surface area contributed by atoms with E-state index in [2.05, 4.69) is 0 Å². The summed E-state index contributed by atoms with van der Waals surface area (Å²) < 4.78 is 6.10. The summed E-state index contributed by atoms with van der Waals surface area (Å²) in [5.74, 6) is 0.102. The summed E-state index contributed by atoms with van der Waals surface area (Å²) in [6.07, 6.45) is 2.11. The van der Waals surface area contributed by atoms with Crippen molar-refractivity contribution in [1.29, 1.82) is 0 Å². The van der Waals surface area contributed by atoms with Gasteiger partial charge in [0, 0.05) is 24.7 Å². The maximum Gasteiger partial charge on any atom is 0.184 e. The molecule has 0 unspecified atom stereocenters. The molecule has 2 bridgehead atoms. The van der Waals surface area contributed by atoms with Gasteiger partial charge >= 0.3 is 0 Å². The number of hydrogen-bond acceptors (Lipinski definition) is 4. The third kappa shape index (κ3) is 2.83. The lowest BCUT2D eigenvalue weighted by Gasteiger charge is -2.44. The van der Waals surface area contributed by atoms with Crippen molar-refractivity contribution < 1.29 is 19.1 Å². The largest absolute Gasteiger partial charge is 0.355 e. The maximum absolute atomic E-state index is 12.7. The normalized spacial score (nSPS) is 33.6. The Morgan fingerprint density at radius 2 is 1.62 bits per heavy atom. The zero-order chi connectivity index (χ0) is 15.8. The van der Waals surface area contributed by atoms with Crippen molar-refractivity contribution in [2.75, 3.05) is 0 Å². The van der Waals surface area contributed by atoms with Gasteiger partial charge in [-0.05, 0) is 25.2 Å². The van der Waals surface area contributed by atoms with Gasteiger partial charge in [0.2, 0.25) is 0 Å². The van der Waals surface area contributed by atoms with Gasteiger partial charge in [0.1, 0.15) is 5.78 Å². The van der Waals surface area contributed by atoms with E-state index in [1.807, 2.05) is 27.7 Å². The van der Waals surface area contributed by atoms with E-state index in [0.29, 0.717) is 32.1 Å².